The molecule has 0 aromatic rings. The highest BCUT2D eigenvalue weighted by Gasteiger charge is 2.39. The largest absolute Gasteiger partial charge is 0.234 e. The normalized spacial score (nSPS) is 16.0. The lowest BCUT2D eigenvalue weighted by atomic mass is 10.1. The van der Waals surface area contributed by atoms with E-state index in [1.54, 1.807) is 4.90 Å². The van der Waals surface area contributed by atoms with Crippen LogP contribution in [0.5, 0.6) is 0 Å². The molecule has 0 bridgehead atoms. The Morgan fingerprint density at radius 3 is 1.87 bits per heavy atom. The standard InChI is InChI=1S/C27H45NPS2/c1-25(2,3)28(10)18-22-20-16-14-13-15-17-21(20)23(19-29(30)26(4,5)6)24(22)31(11,12)27(7,8)9/h13-18,30H,19H2,1-12H3/q+1. The van der Waals surface area contributed by atoms with E-state index in [0.29, 0.717) is 0 Å². The molecular weight excluding hydrogens is 433 g/mol. The Morgan fingerprint density at radius 2 is 1.42 bits per heavy atom. The van der Waals surface area contributed by atoms with Crippen LogP contribution in [0, 0.1) is 0 Å². The van der Waals surface area contributed by atoms with Gasteiger partial charge in [0, 0.05) is 11.1 Å². The first-order valence-electron chi connectivity index (χ1n) is 11.2. The summed E-state index contributed by atoms with van der Waals surface area (Å²) in [6.45, 7) is 21.1. The van der Waals surface area contributed by atoms with Crippen molar-refractivity contribution in [2.75, 3.05) is 19.6 Å². The van der Waals surface area contributed by atoms with Gasteiger partial charge >= 0.3 is 0 Å². The molecule has 2 aliphatic rings. The zero-order chi connectivity index (χ0) is 24.0. The van der Waals surface area contributed by atoms with E-state index >= 15 is 0 Å². The molecule has 0 N–H and O–H groups in total. The van der Waals surface area contributed by atoms with Gasteiger partial charge in [0.05, 0.1) is 5.56 Å². The minimum absolute atomic E-state index is 0.0702. The van der Waals surface area contributed by atoms with Crippen LogP contribution in [0.1, 0.15) is 73.4 Å². The molecule has 0 aliphatic heterocycles. The molecule has 2 rings (SSSR count). The molecule has 1 atom stereocenters. The number of fused-ring (bicyclic) bond motifs is 1. The van der Waals surface area contributed by atoms with E-state index in [-0.39, 0.29) is 15.4 Å². The van der Waals surface area contributed by atoms with Crippen LogP contribution in [-0.4, -0.2) is 45.8 Å². The summed E-state index contributed by atoms with van der Waals surface area (Å²) in [6, 6.07) is 11.2. The van der Waals surface area contributed by atoms with Gasteiger partial charge in [-0.3, -0.25) is 0 Å². The van der Waals surface area contributed by atoms with Crippen molar-refractivity contribution in [3.05, 3.63) is 41.5 Å². The quantitative estimate of drug-likeness (QED) is 0.194. The molecule has 0 aromatic heterocycles. The molecule has 0 radical (unpaired) electrons. The summed E-state index contributed by atoms with van der Waals surface area (Å²) < 4.78 is 2.59. The van der Waals surface area contributed by atoms with Crippen LogP contribution >= 0.6 is 29.4 Å². The van der Waals surface area contributed by atoms with Gasteiger partial charge < -0.3 is 0 Å². The first-order valence-corrected chi connectivity index (χ1v) is 16.3. The summed E-state index contributed by atoms with van der Waals surface area (Å²) in [5, 5.41) is 0.212. The fourth-order valence-corrected chi connectivity index (χ4v) is 7.16. The summed E-state index contributed by atoms with van der Waals surface area (Å²) in [5.41, 5.74) is 5.80. The minimum atomic E-state index is -1.09. The molecule has 31 heavy (non-hydrogen) atoms. The maximum Gasteiger partial charge on any atom is 0.172 e. The second kappa shape index (κ2) is 9.03. The number of hydrogen-bond acceptors (Lipinski definition) is 1. The first kappa shape index (κ1) is 26.7. The number of thiol groups is 1. The van der Waals surface area contributed by atoms with Gasteiger partial charge in [-0.05, 0) is 67.0 Å². The predicted octanol–water partition coefficient (Wildman–Crippen LogP) is 8.50. The fraction of sp³-hybridized carbons (Fsp3) is 0.593. The Hall–Kier alpha value is -0.500. The molecule has 174 valence electrons. The van der Waals surface area contributed by atoms with Gasteiger partial charge in [-0.2, -0.15) is 12.2 Å². The molecule has 2 aliphatic carbocycles. The third-order valence-electron chi connectivity index (χ3n) is 6.68. The van der Waals surface area contributed by atoms with E-state index in [9.17, 15) is 0 Å². The molecule has 0 heterocycles. The van der Waals surface area contributed by atoms with Crippen molar-refractivity contribution in [3.8, 4) is 11.1 Å². The average Bonchev–Trinajstić information content (AvgIpc) is 2.73. The van der Waals surface area contributed by atoms with Crippen molar-refractivity contribution in [1.29, 1.82) is 0 Å². The minimum Gasteiger partial charge on any atom is -0.234 e. The lowest BCUT2D eigenvalue weighted by molar-refractivity contribution is -0.565. The maximum absolute atomic E-state index is 5.16. The first-order chi connectivity index (χ1) is 13.9. The predicted molar refractivity (Wildman–Crippen MR) is 151 cm³/mol. The van der Waals surface area contributed by atoms with Gasteiger partial charge in [0.2, 0.25) is 0 Å². The van der Waals surface area contributed by atoms with Crippen LogP contribution in [0.3, 0.4) is 0 Å². The maximum atomic E-state index is 5.16. The van der Waals surface area contributed by atoms with Crippen molar-refractivity contribution < 1.29 is 4.58 Å². The van der Waals surface area contributed by atoms with Gasteiger partial charge in [-0.25, -0.2) is 14.6 Å². The topological polar surface area (TPSA) is 3.01 Å². The molecule has 0 saturated heterocycles. The molecule has 0 amide bonds. The van der Waals surface area contributed by atoms with E-state index in [1.165, 1.54) is 22.3 Å². The highest BCUT2D eigenvalue weighted by Crippen LogP contribution is 2.67. The van der Waals surface area contributed by atoms with E-state index < -0.39 is 17.2 Å². The van der Waals surface area contributed by atoms with Gasteiger partial charge in [0.1, 0.15) is 7.05 Å². The van der Waals surface area contributed by atoms with Crippen molar-refractivity contribution >= 4 is 35.6 Å². The Morgan fingerprint density at radius 1 is 0.903 bits per heavy atom. The molecule has 0 aromatic carbocycles. The van der Waals surface area contributed by atoms with Crippen LogP contribution in [-0.2, 0) is 6.16 Å². The van der Waals surface area contributed by atoms with Crippen molar-refractivity contribution in [3.63, 3.8) is 0 Å². The molecule has 1 unspecified atom stereocenters. The SMILES string of the molecule is C[N+](=Cc1c2cccccc-2c(CP(S)C(C)(C)C)c1S(C)(C)C(C)(C)C)C(C)(C)C. The van der Waals surface area contributed by atoms with E-state index in [2.05, 4.69) is 123 Å². The van der Waals surface area contributed by atoms with Crippen molar-refractivity contribution in [2.24, 2.45) is 0 Å². The number of hydrogen-bond donors (Lipinski definition) is 1. The summed E-state index contributed by atoms with van der Waals surface area (Å²) in [6.07, 6.45) is 8.49. The summed E-state index contributed by atoms with van der Waals surface area (Å²) in [7, 11) is 0.690. The number of rotatable bonds is 4. The second-order valence-corrected chi connectivity index (χ2v) is 20.2. The number of nitrogens with zero attached hydrogens (tertiary/aromatic N) is 1. The lowest BCUT2D eigenvalue weighted by Gasteiger charge is -2.46. The third kappa shape index (κ3) is 5.71. The molecule has 0 saturated carbocycles. The zero-order valence-electron chi connectivity index (χ0n) is 21.9. The van der Waals surface area contributed by atoms with Crippen LogP contribution in [0.2, 0.25) is 0 Å². The summed E-state index contributed by atoms with van der Waals surface area (Å²) in [5.74, 6) is 0. The second-order valence-electron chi connectivity index (χ2n) is 12.0. The summed E-state index contributed by atoms with van der Waals surface area (Å²) >= 11 is 5.16. The van der Waals surface area contributed by atoms with E-state index in [4.69, 9.17) is 12.2 Å². The Balaban J connectivity index is 3.00. The molecular formula is C27H45NPS2+. The van der Waals surface area contributed by atoms with Crippen LogP contribution in [0.25, 0.3) is 11.1 Å². The zero-order valence-corrected chi connectivity index (χ0v) is 24.5. The lowest BCUT2D eigenvalue weighted by Crippen LogP contribution is -2.31. The fourth-order valence-electron chi connectivity index (χ4n) is 3.40. The highest BCUT2D eigenvalue weighted by atomic mass is 32.7. The third-order valence-corrected chi connectivity index (χ3v) is 15.6. The van der Waals surface area contributed by atoms with Crippen molar-refractivity contribution in [2.45, 2.75) is 88.8 Å². The van der Waals surface area contributed by atoms with Gasteiger partial charge in [-0.15, -0.1) is 0 Å². The van der Waals surface area contributed by atoms with Gasteiger partial charge in [0.25, 0.3) is 0 Å². The highest BCUT2D eigenvalue weighted by molar-refractivity contribution is 8.45. The smallest absolute Gasteiger partial charge is 0.172 e. The Kier molecular flexibility index (Phi) is 7.80. The van der Waals surface area contributed by atoms with Crippen LogP contribution < -0.4 is 0 Å². The van der Waals surface area contributed by atoms with Gasteiger partial charge in [-0.1, -0.05) is 71.9 Å². The van der Waals surface area contributed by atoms with Crippen molar-refractivity contribution in [1.82, 2.24) is 0 Å². The average molecular weight is 479 g/mol. The van der Waals surface area contributed by atoms with Crippen LogP contribution in [0.15, 0.2) is 35.2 Å². The monoisotopic (exact) mass is 478 g/mol. The van der Waals surface area contributed by atoms with E-state index in [0.717, 1.165) is 6.16 Å². The Bertz CT molecular complexity index is 924. The molecule has 0 spiro atoms. The van der Waals surface area contributed by atoms with E-state index in [1.807, 2.05) is 0 Å². The van der Waals surface area contributed by atoms with Crippen LogP contribution in [0.4, 0.5) is 0 Å². The molecule has 0 fully saturated rings. The van der Waals surface area contributed by atoms with Gasteiger partial charge in [0.15, 0.2) is 11.8 Å². The molecule has 1 nitrogen and oxygen atoms in total. The summed E-state index contributed by atoms with van der Waals surface area (Å²) in [4.78, 5) is 1.59. The molecule has 4 heteroatoms. The Labute approximate surface area is 200 Å².